The first-order valence-corrected chi connectivity index (χ1v) is 8.99. The summed E-state index contributed by atoms with van der Waals surface area (Å²) in [5, 5.41) is 6.66. The van der Waals surface area contributed by atoms with Crippen molar-refractivity contribution in [3.8, 4) is 5.75 Å². The zero-order valence-electron chi connectivity index (χ0n) is 15.9. The highest BCUT2D eigenvalue weighted by atomic mass is 16.5. The van der Waals surface area contributed by atoms with Crippen LogP contribution >= 0.6 is 0 Å². The molecule has 0 unspecified atom stereocenters. The van der Waals surface area contributed by atoms with Gasteiger partial charge in [-0.1, -0.05) is 42.0 Å². The van der Waals surface area contributed by atoms with E-state index in [2.05, 4.69) is 65.9 Å². The Balaban J connectivity index is 1.88. The molecule has 0 saturated heterocycles. The monoisotopic (exact) mass is 355 g/mol. The molecule has 2 rings (SSSR count). The second-order valence-electron chi connectivity index (χ2n) is 6.02. The summed E-state index contributed by atoms with van der Waals surface area (Å²) in [5.74, 6) is 1.67. The van der Waals surface area contributed by atoms with Crippen LogP contribution in [0.3, 0.4) is 0 Å². The average molecular weight is 355 g/mol. The number of methoxy groups -OCH3 is 1. The van der Waals surface area contributed by atoms with Crippen molar-refractivity contribution in [1.82, 2.24) is 10.6 Å². The van der Waals surface area contributed by atoms with Crippen LogP contribution in [-0.2, 0) is 17.8 Å². The zero-order valence-corrected chi connectivity index (χ0v) is 15.9. The van der Waals surface area contributed by atoms with Gasteiger partial charge in [0.25, 0.3) is 0 Å². The number of ether oxygens (including phenoxy) is 2. The van der Waals surface area contributed by atoms with E-state index < -0.39 is 0 Å². The first kappa shape index (κ1) is 19.8. The van der Waals surface area contributed by atoms with E-state index in [1.165, 1.54) is 16.7 Å². The third kappa shape index (κ3) is 7.15. The van der Waals surface area contributed by atoms with Crippen molar-refractivity contribution in [2.75, 3.05) is 26.9 Å². The molecule has 0 amide bonds. The number of nitrogens with one attached hydrogen (secondary N) is 2. The fraction of sp³-hybridized carbons (Fsp3) is 0.381. The van der Waals surface area contributed by atoms with Crippen LogP contribution in [-0.4, -0.2) is 32.8 Å². The lowest BCUT2D eigenvalue weighted by molar-refractivity contribution is 0.146. The molecule has 0 spiro atoms. The lowest BCUT2D eigenvalue weighted by Crippen LogP contribution is -2.36. The Bertz CT molecular complexity index is 684. The predicted octanol–water partition coefficient (Wildman–Crippen LogP) is 3.28. The average Bonchev–Trinajstić information content (AvgIpc) is 2.65. The molecule has 0 radical (unpaired) electrons. The van der Waals surface area contributed by atoms with E-state index in [1.54, 1.807) is 7.11 Å². The molecule has 0 aliphatic heterocycles. The summed E-state index contributed by atoms with van der Waals surface area (Å²) in [7, 11) is 1.67. The number of aryl methyl sites for hydroxylation is 1. The zero-order chi connectivity index (χ0) is 18.6. The number of hydrogen-bond donors (Lipinski definition) is 2. The van der Waals surface area contributed by atoms with E-state index in [9.17, 15) is 0 Å². The Labute approximate surface area is 156 Å². The molecule has 0 aromatic heterocycles. The van der Waals surface area contributed by atoms with Crippen LogP contribution in [0.2, 0.25) is 0 Å². The molecule has 0 bridgehead atoms. The quantitative estimate of drug-likeness (QED) is 0.412. The Hall–Kier alpha value is -2.53. The third-order valence-corrected chi connectivity index (χ3v) is 3.79. The van der Waals surface area contributed by atoms with Gasteiger partial charge >= 0.3 is 0 Å². The Morgan fingerprint density at radius 3 is 2.50 bits per heavy atom. The largest absolute Gasteiger partial charge is 0.491 e. The van der Waals surface area contributed by atoms with Gasteiger partial charge in [-0.15, -0.1) is 0 Å². The minimum Gasteiger partial charge on any atom is -0.491 e. The lowest BCUT2D eigenvalue weighted by atomic mass is 10.1. The molecule has 5 heteroatoms. The van der Waals surface area contributed by atoms with Crippen LogP contribution in [0.1, 0.15) is 23.6 Å². The van der Waals surface area contributed by atoms with Crippen molar-refractivity contribution in [3.05, 3.63) is 65.2 Å². The van der Waals surface area contributed by atoms with Crippen molar-refractivity contribution in [1.29, 1.82) is 0 Å². The smallest absolute Gasteiger partial charge is 0.191 e. The van der Waals surface area contributed by atoms with Crippen LogP contribution in [0.15, 0.2) is 53.5 Å². The van der Waals surface area contributed by atoms with Gasteiger partial charge in [-0.3, -0.25) is 0 Å². The minimum absolute atomic E-state index is 0.560. The molecule has 2 aromatic rings. The first-order valence-electron chi connectivity index (χ1n) is 8.99. The minimum atomic E-state index is 0.560. The molecule has 0 fully saturated rings. The number of hydrogen-bond acceptors (Lipinski definition) is 3. The summed E-state index contributed by atoms with van der Waals surface area (Å²) in [5.41, 5.74) is 3.63. The van der Waals surface area contributed by atoms with E-state index in [0.29, 0.717) is 26.3 Å². The fourth-order valence-corrected chi connectivity index (χ4v) is 2.45. The van der Waals surface area contributed by atoms with Crippen molar-refractivity contribution in [3.63, 3.8) is 0 Å². The van der Waals surface area contributed by atoms with Crippen LogP contribution in [0.5, 0.6) is 5.75 Å². The van der Waals surface area contributed by atoms with Crippen molar-refractivity contribution in [2.45, 2.75) is 26.9 Å². The van der Waals surface area contributed by atoms with E-state index >= 15 is 0 Å². The molecule has 2 aromatic carbocycles. The number of rotatable bonds is 9. The maximum absolute atomic E-state index is 5.58. The molecule has 140 valence electrons. The maximum Gasteiger partial charge on any atom is 0.191 e. The molecule has 0 heterocycles. The molecule has 0 atom stereocenters. The van der Waals surface area contributed by atoms with Gasteiger partial charge in [-0.25, -0.2) is 4.99 Å². The fourth-order valence-electron chi connectivity index (χ4n) is 2.45. The highest BCUT2D eigenvalue weighted by Gasteiger charge is 2.00. The van der Waals surface area contributed by atoms with Crippen LogP contribution in [0, 0.1) is 6.92 Å². The summed E-state index contributed by atoms with van der Waals surface area (Å²) in [6, 6.07) is 16.5. The van der Waals surface area contributed by atoms with Crippen molar-refractivity contribution in [2.24, 2.45) is 4.99 Å². The number of guanidine groups is 1. The van der Waals surface area contributed by atoms with Gasteiger partial charge in [-0.2, -0.15) is 0 Å². The SMILES string of the molecule is CCNC(=NCc1cccc(C)c1)NCc1ccc(OCCOC)cc1. The van der Waals surface area contributed by atoms with E-state index in [0.717, 1.165) is 18.3 Å². The van der Waals surface area contributed by atoms with E-state index in [-0.39, 0.29) is 0 Å². The third-order valence-electron chi connectivity index (χ3n) is 3.79. The molecule has 0 aliphatic carbocycles. The van der Waals surface area contributed by atoms with Crippen LogP contribution in [0.25, 0.3) is 0 Å². The van der Waals surface area contributed by atoms with Gasteiger partial charge < -0.3 is 20.1 Å². The van der Waals surface area contributed by atoms with Crippen LogP contribution < -0.4 is 15.4 Å². The highest BCUT2D eigenvalue weighted by molar-refractivity contribution is 5.79. The number of aliphatic imine (C=N–C) groups is 1. The lowest BCUT2D eigenvalue weighted by Gasteiger charge is -2.12. The van der Waals surface area contributed by atoms with E-state index in [1.807, 2.05) is 12.1 Å². The normalized spacial score (nSPS) is 11.3. The van der Waals surface area contributed by atoms with Crippen molar-refractivity contribution < 1.29 is 9.47 Å². The first-order chi connectivity index (χ1) is 12.7. The van der Waals surface area contributed by atoms with Crippen molar-refractivity contribution >= 4 is 5.96 Å². The maximum atomic E-state index is 5.58. The van der Waals surface area contributed by atoms with Gasteiger partial charge in [0.1, 0.15) is 12.4 Å². The molecular formula is C21H29N3O2. The molecule has 0 aliphatic rings. The highest BCUT2D eigenvalue weighted by Crippen LogP contribution is 2.12. The Kier molecular flexibility index (Phi) is 8.49. The van der Waals surface area contributed by atoms with Gasteiger partial charge in [0.05, 0.1) is 13.2 Å². The summed E-state index contributed by atoms with van der Waals surface area (Å²) < 4.78 is 10.6. The van der Waals surface area contributed by atoms with Crippen LogP contribution in [0.4, 0.5) is 0 Å². The molecule has 0 saturated carbocycles. The molecule has 26 heavy (non-hydrogen) atoms. The van der Waals surface area contributed by atoms with Gasteiger partial charge in [0, 0.05) is 20.2 Å². The Morgan fingerprint density at radius 2 is 1.81 bits per heavy atom. The summed E-state index contributed by atoms with van der Waals surface area (Å²) in [6.45, 7) is 7.50. The summed E-state index contributed by atoms with van der Waals surface area (Å²) in [6.07, 6.45) is 0. The molecule has 5 nitrogen and oxygen atoms in total. The number of nitrogens with zero attached hydrogens (tertiary/aromatic N) is 1. The van der Waals surface area contributed by atoms with E-state index in [4.69, 9.17) is 9.47 Å². The number of benzene rings is 2. The predicted molar refractivity (Wildman–Crippen MR) is 107 cm³/mol. The molecule has 2 N–H and O–H groups in total. The van der Waals surface area contributed by atoms with Gasteiger partial charge in [0.15, 0.2) is 5.96 Å². The summed E-state index contributed by atoms with van der Waals surface area (Å²) >= 11 is 0. The second-order valence-corrected chi connectivity index (χ2v) is 6.02. The summed E-state index contributed by atoms with van der Waals surface area (Å²) in [4.78, 5) is 4.66. The molecular weight excluding hydrogens is 326 g/mol. The standard InChI is InChI=1S/C21H29N3O2/c1-4-22-21(24-16-19-7-5-6-17(2)14-19)23-15-18-8-10-20(11-9-18)26-13-12-25-3/h5-11,14H,4,12-13,15-16H2,1-3H3,(H2,22,23,24). The Morgan fingerprint density at radius 1 is 1.00 bits per heavy atom. The van der Waals surface area contributed by atoms with Gasteiger partial charge in [0.2, 0.25) is 0 Å². The topological polar surface area (TPSA) is 54.9 Å². The van der Waals surface area contributed by atoms with Gasteiger partial charge in [-0.05, 0) is 37.1 Å². The second kappa shape index (κ2) is 11.2.